The van der Waals surface area contributed by atoms with Gasteiger partial charge in [0.15, 0.2) is 0 Å². The topological polar surface area (TPSA) is 21.3 Å². The maximum absolute atomic E-state index is 5.36. The SMILES string of the molecule is CO[C@H]1CCC[C@@H]1NC(C)I. The Labute approximate surface area is 82.2 Å². The van der Waals surface area contributed by atoms with Crippen molar-refractivity contribution in [1.29, 1.82) is 0 Å². The Morgan fingerprint density at radius 3 is 2.82 bits per heavy atom. The van der Waals surface area contributed by atoms with Gasteiger partial charge in [-0.2, -0.15) is 0 Å². The van der Waals surface area contributed by atoms with Crippen LogP contribution in [0.5, 0.6) is 0 Å². The molecule has 1 unspecified atom stereocenters. The fraction of sp³-hybridized carbons (Fsp3) is 1.00. The second-order valence-electron chi connectivity index (χ2n) is 3.09. The second kappa shape index (κ2) is 4.62. The first-order valence-electron chi connectivity index (χ1n) is 4.17. The largest absolute Gasteiger partial charge is 0.380 e. The molecular weight excluding hydrogens is 253 g/mol. The van der Waals surface area contributed by atoms with Gasteiger partial charge in [-0.15, -0.1) is 0 Å². The molecule has 0 spiro atoms. The van der Waals surface area contributed by atoms with Crippen LogP contribution in [0.3, 0.4) is 0 Å². The van der Waals surface area contributed by atoms with Crippen LogP contribution < -0.4 is 5.32 Å². The molecule has 1 aliphatic rings. The molecule has 0 aliphatic heterocycles. The fourth-order valence-electron chi connectivity index (χ4n) is 1.69. The normalized spacial score (nSPS) is 34.1. The first-order chi connectivity index (χ1) is 5.24. The van der Waals surface area contributed by atoms with Crippen molar-refractivity contribution < 1.29 is 4.74 Å². The quantitative estimate of drug-likeness (QED) is 0.480. The molecule has 11 heavy (non-hydrogen) atoms. The summed E-state index contributed by atoms with van der Waals surface area (Å²) in [5, 5.41) is 3.50. The minimum atomic E-state index is 0.451. The predicted molar refractivity (Wildman–Crippen MR) is 55.1 cm³/mol. The van der Waals surface area contributed by atoms with Gasteiger partial charge < -0.3 is 10.1 Å². The minimum absolute atomic E-state index is 0.451. The third kappa shape index (κ3) is 2.87. The highest BCUT2D eigenvalue weighted by atomic mass is 127. The molecule has 3 heteroatoms. The molecule has 0 aromatic carbocycles. The van der Waals surface area contributed by atoms with E-state index in [9.17, 15) is 0 Å². The van der Waals surface area contributed by atoms with Crippen molar-refractivity contribution in [1.82, 2.24) is 5.32 Å². The lowest BCUT2D eigenvalue weighted by Gasteiger charge is -2.20. The van der Waals surface area contributed by atoms with Gasteiger partial charge in [0.2, 0.25) is 0 Å². The Morgan fingerprint density at radius 1 is 1.55 bits per heavy atom. The van der Waals surface area contributed by atoms with Crippen LogP contribution >= 0.6 is 22.6 Å². The Morgan fingerprint density at radius 2 is 2.27 bits per heavy atom. The molecule has 1 rings (SSSR count). The van der Waals surface area contributed by atoms with Gasteiger partial charge in [0.1, 0.15) is 0 Å². The van der Waals surface area contributed by atoms with E-state index in [0.29, 0.717) is 16.2 Å². The van der Waals surface area contributed by atoms with Crippen LogP contribution in [-0.2, 0) is 4.74 Å². The van der Waals surface area contributed by atoms with E-state index < -0.39 is 0 Å². The molecule has 1 N–H and O–H groups in total. The number of halogens is 1. The first kappa shape index (κ1) is 9.74. The molecule has 1 aliphatic carbocycles. The summed E-state index contributed by atoms with van der Waals surface area (Å²) in [6.45, 7) is 2.17. The number of methoxy groups -OCH3 is 1. The first-order valence-corrected chi connectivity index (χ1v) is 5.41. The summed E-state index contributed by atoms with van der Waals surface area (Å²) in [5.74, 6) is 0. The van der Waals surface area contributed by atoms with Crippen LogP contribution in [0.4, 0.5) is 0 Å². The molecule has 1 saturated carbocycles. The van der Waals surface area contributed by atoms with E-state index in [4.69, 9.17) is 4.74 Å². The van der Waals surface area contributed by atoms with Crippen molar-refractivity contribution in [2.24, 2.45) is 0 Å². The molecule has 0 radical (unpaired) electrons. The molecule has 66 valence electrons. The smallest absolute Gasteiger partial charge is 0.0724 e. The van der Waals surface area contributed by atoms with E-state index in [0.717, 1.165) is 0 Å². The molecular formula is C8H16INO. The molecule has 2 nitrogen and oxygen atoms in total. The van der Waals surface area contributed by atoms with Gasteiger partial charge >= 0.3 is 0 Å². The van der Waals surface area contributed by atoms with E-state index in [1.807, 2.05) is 7.11 Å². The van der Waals surface area contributed by atoms with Gasteiger partial charge in [-0.25, -0.2) is 0 Å². The third-order valence-corrected chi connectivity index (χ3v) is 2.56. The number of rotatable bonds is 3. The third-order valence-electron chi connectivity index (χ3n) is 2.20. The highest BCUT2D eigenvalue weighted by Gasteiger charge is 2.27. The fourth-order valence-corrected chi connectivity index (χ4v) is 2.16. The molecule has 0 heterocycles. The molecule has 0 amide bonds. The van der Waals surface area contributed by atoms with E-state index in [1.165, 1.54) is 19.3 Å². The van der Waals surface area contributed by atoms with Gasteiger partial charge in [0.25, 0.3) is 0 Å². The average Bonchev–Trinajstić information content (AvgIpc) is 2.34. The van der Waals surface area contributed by atoms with Gasteiger partial charge in [0, 0.05) is 13.2 Å². The Bertz CT molecular complexity index is 119. The molecule has 1 fully saturated rings. The molecule has 0 aromatic rings. The van der Waals surface area contributed by atoms with Crippen LogP contribution in [0, 0.1) is 0 Å². The monoisotopic (exact) mass is 269 g/mol. The number of alkyl halides is 1. The zero-order valence-electron chi connectivity index (χ0n) is 7.14. The summed E-state index contributed by atoms with van der Waals surface area (Å²) in [4.78, 5) is 0. The lowest BCUT2D eigenvalue weighted by atomic mass is 10.2. The second-order valence-corrected chi connectivity index (χ2v) is 4.96. The van der Waals surface area contributed by atoms with Crippen molar-refractivity contribution in [2.45, 2.75) is 42.4 Å². The summed E-state index contributed by atoms with van der Waals surface area (Å²) in [6, 6.07) is 0.590. The zero-order valence-corrected chi connectivity index (χ0v) is 9.30. The predicted octanol–water partition coefficient (Wildman–Crippen LogP) is 1.92. The van der Waals surface area contributed by atoms with Crippen molar-refractivity contribution in [3.8, 4) is 0 Å². The standard InChI is InChI=1S/C8H16INO/c1-6(9)10-7-4-3-5-8(7)11-2/h6-8,10H,3-5H2,1-2H3/t6?,7-,8-/m0/s1. The number of hydrogen-bond acceptors (Lipinski definition) is 2. The summed E-state index contributed by atoms with van der Waals surface area (Å²) < 4.78 is 5.91. The van der Waals surface area contributed by atoms with E-state index in [1.54, 1.807) is 0 Å². The summed E-state index contributed by atoms with van der Waals surface area (Å²) >= 11 is 2.39. The highest BCUT2D eigenvalue weighted by Crippen LogP contribution is 2.22. The Balaban J connectivity index is 2.31. The van der Waals surface area contributed by atoms with Gasteiger partial charge in [-0.3, -0.25) is 0 Å². The average molecular weight is 269 g/mol. The van der Waals surface area contributed by atoms with Gasteiger partial charge in [0.05, 0.1) is 10.2 Å². The lowest BCUT2D eigenvalue weighted by molar-refractivity contribution is 0.0853. The maximum atomic E-state index is 5.36. The van der Waals surface area contributed by atoms with Crippen LogP contribution in [-0.4, -0.2) is 23.3 Å². The van der Waals surface area contributed by atoms with Gasteiger partial charge in [-0.1, -0.05) is 22.6 Å². The number of nitrogens with one attached hydrogen (secondary N) is 1. The minimum Gasteiger partial charge on any atom is -0.380 e. The number of ether oxygens (including phenoxy) is 1. The van der Waals surface area contributed by atoms with Crippen LogP contribution in [0.1, 0.15) is 26.2 Å². The van der Waals surface area contributed by atoms with E-state index in [2.05, 4.69) is 34.8 Å². The Hall–Kier alpha value is 0.650. The van der Waals surface area contributed by atoms with Crippen LogP contribution in [0.15, 0.2) is 0 Å². The van der Waals surface area contributed by atoms with Crippen LogP contribution in [0.25, 0.3) is 0 Å². The lowest BCUT2D eigenvalue weighted by Crippen LogP contribution is -2.39. The van der Waals surface area contributed by atoms with Crippen molar-refractivity contribution in [3.05, 3.63) is 0 Å². The summed E-state index contributed by atoms with van der Waals surface area (Å²) in [5.41, 5.74) is 0. The molecule has 0 aromatic heterocycles. The summed E-state index contributed by atoms with van der Waals surface area (Å²) in [7, 11) is 1.81. The van der Waals surface area contributed by atoms with Crippen molar-refractivity contribution >= 4 is 22.6 Å². The van der Waals surface area contributed by atoms with E-state index >= 15 is 0 Å². The Kier molecular flexibility index (Phi) is 4.09. The molecule has 0 saturated heterocycles. The van der Waals surface area contributed by atoms with Gasteiger partial charge in [-0.05, 0) is 26.2 Å². The summed E-state index contributed by atoms with van der Waals surface area (Å²) in [6.07, 6.45) is 4.25. The van der Waals surface area contributed by atoms with Crippen molar-refractivity contribution in [3.63, 3.8) is 0 Å². The highest BCUT2D eigenvalue weighted by molar-refractivity contribution is 14.1. The zero-order chi connectivity index (χ0) is 8.27. The number of hydrogen-bond donors (Lipinski definition) is 1. The van der Waals surface area contributed by atoms with Crippen molar-refractivity contribution in [2.75, 3.05) is 7.11 Å². The van der Waals surface area contributed by atoms with E-state index in [-0.39, 0.29) is 0 Å². The maximum Gasteiger partial charge on any atom is 0.0724 e. The molecule has 0 bridgehead atoms. The van der Waals surface area contributed by atoms with Crippen LogP contribution in [0.2, 0.25) is 0 Å². The molecule has 3 atom stereocenters.